The zero-order valence-electron chi connectivity index (χ0n) is 6.01. The molecule has 1 saturated heterocycles. The molecule has 0 unspecified atom stereocenters. The predicted octanol–water partition coefficient (Wildman–Crippen LogP) is 0.583. The Bertz CT molecular complexity index is 81.1. The van der Waals surface area contributed by atoms with Gasteiger partial charge in [0.2, 0.25) is 0 Å². The van der Waals surface area contributed by atoms with Gasteiger partial charge in [0.25, 0.3) is 0 Å². The van der Waals surface area contributed by atoms with E-state index < -0.39 is 0 Å². The van der Waals surface area contributed by atoms with Gasteiger partial charge in [0.05, 0.1) is 0 Å². The van der Waals surface area contributed by atoms with E-state index >= 15 is 0 Å². The van der Waals surface area contributed by atoms with E-state index in [4.69, 9.17) is 5.02 Å². The van der Waals surface area contributed by atoms with Gasteiger partial charge in [0.15, 0.2) is 0 Å². The Balaban J connectivity index is 2.23. The van der Waals surface area contributed by atoms with Gasteiger partial charge in [-0.1, -0.05) is 6.42 Å². The molecule has 3 heteroatoms. The highest BCUT2D eigenvalue weighted by Gasteiger charge is 2.17. The van der Waals surface area contributed by atoms with Crippen LogP contribution in [-0.2, 0) is 0 Å². The number of rotatable bonds is 1. The van der Waals surface area contributed by atoms with E-state index in [0.29, 0.717) is 0 Å². The second-order valence-corrected chi connectivity index (χ2v) is 2.73. The fraction of sp³-hybridized carbons (Fsp3) is 1.00. The van der Waals surface area contributed by atoms with Gasteiger partial charge in [-0.15, -0.1) is 0 Å². The molecule has 0 aromatic rings. The van der Waals surface area contributed by atoms with Crippen LogP contribution in [0.25, 0.3) is 0 Å². The number of hydrogen-bond donors (Lipinski definition) is 1. The summed E-state index contributed by atoms with van der Waals surface area (Å²) in [6.07, 6.45) is 3.85. The van der Waals surface area contributed by atoms with E-state index in [2.05, 4.69) is 4.81 Å². The Morgan fingerprint density at radius 1 is 1.22 bits per heavy atom. The minimum absolute atomic E-state index is 0.231. The van der Waals surface area contributed by atoms with Crippen LogP contribution in [0.3, 0.4) is 0 Å². The van der Waals surface area contributed by atoms with Gasteiger partial charge >= 0.3 is 7.05 Å². The Morgan fingerprint density at radius 2 is 1.78 bits per heavy atom. The fourth-order valence-corrected chi connectivity index (χ4v) is 1.29. The summed E-state index contributed by atoms with van der Waals surface area (Å²) in [6.45, 7) is 4.00. The minimum Gasteiger partial charge on any atom is -0.437 e. The minimum atomic E-state index is -0.231. The SMILES string of the molecule is CB(O)N1CCCCC1. The molecule has 1 heterocycles. The van der Waals surface area contributed by atoms with Crippen molar-refractivity contribution in [2.45, 2.75) is 26.1 Å². The van der Waals surface area contributed by atoms with Crippen molar-refractivity contribution in [1.29, 1.82) is 0 Å². The average Bonchev–Trinajstić information content (AvgIpc) is 1.90. The zero-order chi connectivity index (χ0) is 6.69. The molecule has 1 rings (SSSR count). The highest BCUT2D eigenvalue weighted by atomic mass is 16.2. The molecule has 0 aromatic carbocycles. The van der Waals surface area contributed by atoms with Gasteiger partial charge in [-0.05, 0) is 32.8 Å². The lowest BCUT2D eigenvalue weighted by Crippen LogP contribution is -2.40. The summed E-state index contributed by atoms with van der Waals surface area (Å²) in [4.78, 5) is 2.11. The molecule has 0 aromatic heterocycles. The quantitative estimate of drug-likeness (QED) is 0.521. The lowest BCUT2D eigenvalue weighted by molar-refractivity contribution is 0.311. The molecule has 52 valence electrons. The molecule has 0 spiro atoms. The third kappa shape index (κ3) is 1.99. The van der Waals surface area contributed by atoms with Crippen LogP contribution >= 0.6 is 0 Å². The first-order chi connectivity index (χ1) is 4.30. The first-order valence-electron chi connectivity index (χ1n) is 3.73. The van der Waals surface area contributed by atoms with Gasteiger partial charge in [-0.2, -0.15) is 0 Å². The smallest absolute Gasteiger partial charge is 0.376 e. The molecular formula is C6H14BNO. The molecule has 0 saturated carbocycles. The number of nitrogens with zero attached hydrogens (tertiary/aromatic N) is 1. The van der Waals surface area contributed by atoms with Crippen LogP contribution in [0, 0.1) is 0 Å². The van der Waals surface area contributed by atoms with Crippen molar-refractivity contribution >= 4 is 7.05 Å². The first kappa shape index (κ1) is 7.10. The zero-order valence-corrected chi connectivity index (χ0v) is 6.01. The third-order valence-corrected chi connectivity index (χ3v) is 1.92. The van der Waals surface area contributed by atoms with Gasteiger partial charge in [0, 0.05) is 0 Å². The predicted molar refractivity (Wildman–Crippen MR) is 39.3 cm³/mol. The summed E-state index contributed by atoms with van der Waals surface area (Å²) in [7, 11) is -0.231. The van der Waals surface area contributed by atoms with E-state index in [0.717, 1.165) is 13.1 Å². The summed E-state index contributed by atoms with van der Waals surface area (Å²) in [6, 6.07) is 0. The Hall–Kier alpha value is -0.0151. The summed E-state index contributed by atoms with van der Waals surface area (Å²) in [5, 5.41) is 9.10. The van der Waals surface area contributed by atoms with E-state index in [1.165, 1.54) is 19.3 Å². The van der Waals surface area contributed by atoms with Crippen LogP contribution in [0.5, 0.6) is 0 Å². The summed E-state index contributed by atoms with van der Waals surface area (Å²) in [5.74, 6) is 0. The molecular weight excluding hydrogens is 113 g/mol. The maximum absolute atomic E-state index is 9.10. The van der Waals surface area contributed by atoms with E-state index in [-0.39, 0.29) is 7.05 Å². The van der Waals surface area contributed by atoms with Gasteiger partial charge in [-0.25, -0.2) is 0 Å². The van der Waals surface area contributed by atoms with Crippen LogP contribution in [0.4, 0.5) is 0 Å². The second-order valence-electron chi connectivity index (χ2n) is 2.73. The highest BCUT2D eigenvalue weighted by Crippen LogP contribution is 2.08. The Labute approximate surface area is 57.0 Å². The van der Waals surface area contributed by atoms with Crippen LogP contribution in [0.1, 0.15) is 19.3 Å². The molecule has 0 radical (unpaired) electrons. The van der Waals surface area contributed by atoms with E-state index in [1.807, 2.05) is 6.82 Å². The molecule has 1 N–H and O–H groups in total. The lowest BCUT2D eigenvalue weighted by Gasteiger charge is -2.26. The maximum atomic E-state index is 9.10. The molecule has 1 aliphatic heterocycles. The lowest BCUT2D eigenvalue weighted by atomic mass is 9.83. The number of hydrogen-bond acceptors (Lipinski definition) is 2. The Kier molecular flexibility index (Phi) is 2.55. The second kappa shape index (κ2) is 3.23. The summed E-state index contributed by atoms with van der Waals surface area (Å²) < 4.78 is 0. The van der Waals surface area contributed by atoms with Crippen molar-refractivity contribution in [3.63, 3.8) is 0 Å². The molecule has 0 bridgehead atoms. The van der Waals surface area contributed by atoms with Crippen LogP contribution in [-0.4, -0.2) is 30.0 Å². The largest absolute Gasteiger partial charge is 0.437 e. The van der Waals surface area contributed by atoms with Crippen molar-refractivity contribution in [3.05, 3.63) is 0 Å². The monoisotopic (exact) mass is 127 g/mol. The maximum Gasteiger partial charge on any atom is 0.376 e. The van der Waals surface area contributed by atoms with Crippen molar-refractivity contribution in [2.24, 2.45) is 0 Å². The fourth-order valence-electron chi connectivity index (χ4n) is 1.29. The summed E-state index contributed by atoms with van der Waals surface area (Å²) in [5.41, 5.74) is 0. The first-order valence-corrected chi connectivity index (χ1v) is 3.73. The van der Waals surface area contributed by atoms with E-state index in [9.17, 15) is 0 Å². The van der Waals surface area contributed by atoms with Crippen LogP contribution in [0.15, 0.2) is 0 Å². The number of piperidine rings is 1. The van der Waals surface area contributed by atoms with Crippen LogP contribution < -0.4 is 0 Å². The topological polar surface area (TPSA) is 23.5 Å². The van der Waals surface area contributed by atoms with Crippen LogP contribution in [0.2, 0.25) is 6.82 Å². The van der Waals surface area contributed by atoms with Gasteiger partial charge in [-0.3, -0.25) is 0 Å². The Morgan fingerprint density at radius 3 is 2.11 bits per heavy atom. The van der Waals surface area contributed by atoms with E-state index in [1.54, 1.807) is 0 Å². The molecule has 0 amide bonds. The van der Waals surface area contributed by atoms with Gasteiger partial charge in [0.1, 0.15) is 0 Å². The molecule has 0 aliphatic carbocycles. The molecule has 1 aliphatic rings. The van der Waals surface area contributed by atoms with Crippen molar-refractivity contribution in [2.75, 3.05) is 13.1 Å². The molecule has 2 nitrogen and oxygen atoms in total. The molecule has 1 fully saturated rings. The van der Waals surface area contributed by atoms with Gasteiger partial charge < -0.3 is 9.83 Å². The highest BCUT2D eigenvalue weighted by molar-refractivity contribution is 6.45. The van der Waals surface area contributed by atoms with Crippen molar-refractivity contribution in [1.82, 2.24) is 4.81 Å². The molecule has 9 heavy (non-hydrogen) atoms. The van der Waals surface area contributed by atoms with Crippen molar-refractivity contribution in [3.8, 4) is 0 Å². The molecule has 0 atom stereocenters. The standard InChI is InChI=1S/C6H14BNO/c1-7(9)8-5-3-2-4-6-8/h9H,2-6H2,1H3. The normalized spacial score (nSPS) is 22.0. The summed E-state index contributed by atoms with van der Waals surface area (Å²) >= 11 is 0. The average molecular weight is 127 g/mol. The third-order valence-electron chi connectivity index (χ3n) is 1.92. The van der Waals surface area contributed by atoms with Crippen molar-refractivity contribution < 1.29 is 5.02 Å².